The van der Waals surface area contributed by atoms with Crippen molar-refractivity contribution >= 4 is 11.9 Å². The fraction of sp³-hybridized carbons (Fsp3) is 0.375. The number of carbonyl (C=O) groups excluding carboxylic acids is 2. The van der Waals surface area contributed by atoms with Crippen LogP contribution in [0.25, 0.3) is 11.3 Å². The number of benzene rings is 1. The van der Waals surface area contributed by atoms with Crippen LogP contribution in [-0.4, -0.2) is 41.1 Å². The van der Waals surface area contributed by atoms with Crippen LogP contribution < -0.4 is 9.47 Å². The zero-order valence-electron chi connectivity index (χ0n) is 13.4. The summed E-state index contributed by atoms with van der Waals surface area (Å²) in [6.07, 6.45) is 1.72. The van der Waals surface area contributed by atoms with E-state index in [-0.39, 0.29) is 24.2 Å². The van der Waals surface area contributed by atoms with Crippen molar-refractivity contribution in [2.45, 2.75) is 19.8 Å². The molecule has 126 valence electrons. The standard InChI is InChI=1S/C16H17N3O5/c1-3-23-16(21)14-13(17-19-18-14)10-6-7-11(12(8-10)22-2)24-15(20)9-4-5-9/h6-9H,3-5H2,1-2H3,(H,17,18,19). The van der Waals surface area contributed by atoms with Crippen LogP contribution in [0.3, 0.4) is 0 Å². The Morgan fingerprint density at radius 3 is 2.71 bits per heavy atom. The van der Waals surface area contributed by atoms with Crippen molar-refractivity contribution in [3.63, 3.8) is 0 Å². The molecule has 1 heterocycles. The quantitative estimate of drug-likeness (QED) is 0.637. The number of methoxy groups -OCH3 is 1. The molecule has 8 heteroatoms. The highest BCUT2D eigenvalue weighted by Gasteiger charge is 2.32. The first-order valence-electron chi connectivity index (χ1n) is 7.62. The first-order valence-corrected chi connectivity index (χ1v) is 7.62. The number of hydrogen-bond donors (Lipinski definition) is 1. The van der Waals surface area contributed by atoms with Gasteiger partial charge in [-0.3, -0.25) is 4.79 Å². The molecule has 1 aliphatic carbocycles. The van der Waals surface area contributed by atoms with Gasteiger partial charge in [0.15, 0.2) is 17.2 Å². The highest BCUT2D eigenvalue weighted by atomic mass is 16.6. The lowest BCUT2D eigenvalue weighted by molar-refractivity contribution is -0.135. The Balaban J connectivity index is 1.88. The third kappa shape index (κ3) is 3.22. The van der Waals surface area contributed by atoms with Gasteiger partial charge in [-0.25, -0.2) is 4.79 Å². The number of ether oxygens (including phenoxy) is 3. The lowest BCUT2D eigenvalue weighted by Crippen LogP contribution is -2.10. The summed E-state index contributed by atoms with van der Waals surface area (Å²) < 4.78 is 15.6. The fourth-order valence-corrected chi connectivity index (χ4v) is 2.18. The average molecular weight is 331 g/mol. The molecule has 0 unspecified atom stereocenters. The number of esters is 2. The molecule has 3 rings (SSSR count). The second-order valence-corrected chi connectivity index (χ2v) is 5.30. The van der Waals surface area contributed by atoms with E-state index in [2.05, 4.69) is 15.4 Å². The van der Waals surface area contributed by atoms with Gasteiger partial charge in [0, 0.05) is 5.56 Å². The molecular weight excluding hydrogens is 314 g/mol. The first-order chi connectivity index (χ1) is 11.6. The van der Waals surface area contributed by atoms with Gasteiger partial charge in [-0.15, -0.1) is 5.10 Å². The van der Waals surface area contributed by atoms with Crippen molar-refractivity contribution in [2.75, 3.05) is 13.7 Å². The number of aromatic amines is 1. The van der Waals surface area contributed by atoms with Gasteiger partial charge in [0.2, 0.25) is 0 Å². The summed E-state index contributed by atoms with van der Waals surface area (Å²) in [4.78, 5) is 23.7. The molecule has 0 spiro atoms. The van der Waals surface area contributed by atoms with E-state index in [9.17, 15) is 9.59 Å². The maximum Gasteiger partial charge on any atom is 0.361 e. The van der Waals surface area contributed by atoms with Crippen LogP contribution in [0, 0.1) is 5.92 Å². The largest absolute Gasteiger partial charge is 0.493 e. The summed E-state index contributed by atoms with van der Waals surface area (Å²) in [6.45, 7) is 1.95. The molecule has 0 aliphatic heterocycles. The highest BCUT2D eigenvalue weighted by Crippen LogP contribution is 2.36. The minimum atomic E-state index is -0.565. The second kappa shape index (κ2) is 6.69. The minimum absolute atomic E-state index is 0.0136. The van der Waals surface area contributed by atoms with Crippen molar-refractivity contribution in [2.24, 2.45) is 5.92 Å². The van der Waals surface area contributed by atoms with Crippen LogP contribution in [0.4, 0.5) is 0 Å². The molecular formula is C16H17N3O5. The summed E-state index contributed by atoms with van der Waals surface area (Å²) in [5, 5.41) is 10.2. The monoisotopic (exact) mass is 331 g/mol. The molecule has 2 aromatic rings. The van der Waals surface area contributed by atoms with Gasteiger partial charge >= 0.3 is 11.9 Å². The molecule has 0 saturated heterocycles. The molecule has 8 nitrogen and oxygen atoms in total. The summed E-state index contributed by atoms with van der Waals surface area (Å²) in [7, 11) is 1.47. The molecule has 1 fully saturated rings. The Bertz CT molecular complexity index is 767. The number of aromatic nitrogens is 3. The molecule has 1 saturated carbocycles. The lowest BCUT2D eigenvalue weighted by Gasteiger charge is -2.10. The van der Waals surface area contributed by atoms with Crippen molar-refractivity contribution in [1.82, 2.24) is 15.4 Å². The van der Waals surface area contributed by atoms with Gasteiger partial charge < -0.3 is 14.2 Å². The smallest absolute Gasteiger partial charge is 0.361 e. The molecule has 0 atom stereocenters. The number of rotatable bonds is 6. The molecule has 1 aromatic carbocycles. The van der Waals surface area contributed by atoms with E-state index in [1.165, 1.54) is 7.11 Å². The van der Waals surface area contributed by atoms with Crippen LogP contribution >= 0.6 is 0 Å². The number of carbonyl (C=O) groups is 2. The SMILES string of the molecule is CCOC(=O)c1n[nH]nc1-c1ccc(OC(=O)C2CC2)c(OC)c1. The predicted octanol–water partition coefficient (Wildman–Crippen LogP) is 1.97. The number of H-pyrrole nitrogens is 1. The maximum atomic E-state index is 11.9. The van der Waals surface area contributed by atoms with Gasteiger partial charge in [-0.1, -0.05) is 0 Å². The van der Waals surface area contributed by atoms with Crippen LogP contribution in [0.5, 0.6) is 11.5 Å². The highest BCUT2D eigenvalue weighted by molar-refractivity contribution is 5.94. The van der Waals surface area contributed by atoms with Crippen molar-refractivity contribution in [3.05, 3.63) is 23.9 Å². The third-order valence-corrected chi connectivity index (χ3v) is 3.57. The Morgan fingerprint density at radius 2 is 2.04 bits per heavy atom. The lowest BCUT2D eigenvalue weighted by atomic mass is 10.1. The van der Waals surface area contributed by atoms with E-state index in [4.69, 9.17) is 14.2 Å². The molecule has 24 heavy (non-hydrogen) atoms. The number of nitrogens with zero attached hydrogens (tertiary/aromatic N) is 2. The summed E-state index contributed by atoms with van der Waals surface area (Å²) in [5.41, 5.74) is 1.02. The van der Waals surface area contributed by atoms with Crippen LogP contribution in [0.15, 0.2) is 18.2 Å². The number of nitrogens with one attached hydrogen (secondary N) is 1. The molecule has 0 radical (unpaired) electrons. The maximum absolute atomic E-state index is 11.9. The Kier molecular flexibility index (Phi) is 4.45. The molecule has 0 amide bonds. The van der Waals surface area contributed by atoms with Gasteiger partial charge in [-0.05, 0) is 38.0 Å². The average Bonchev–Trinajstić information content (AvgIpc) is 3.32. The predicted molar refractivity (Wildman–Crippen MR) is 82.7 cm³/mol. The Labute approximate surface area is 138 Å². The third-order valence-electron chi connectivity index (χ3n) is 3.57. The summed E-state index contributed by atoms with van der Waals surface area (Å²) in [6, 6.07) is 4.92. The fourth-order valence-electron chi connectivity index (χ4n) is 2.18. The molecule has 1 N–H and O–H groups in total. The molecule has 1 aliphatic rings. The zero-order valence-corrected chi connectivity index (χ0v) is 13.4. The Hall–Kier alpha value is -2.90. The summed E-state index contributed by atoms with van der Waals surface area (Å²) in [5.74, 6) is -0.127. The van der Waals surface area contributed by atoms with E-state index in [0.717, 1.165) is 12.8 Å². The summed E-state index contributed by atoms with van der Waals surface area (Å²) >= 11 is 0. The van der Waals surface area contributed by atoms with Gasteiger partial charge in [0.1, 0.15) is 5.69 Å². The number of hydrogen-bond acceptors (Lipinski definition) is 7. The van der Waals surface area contributed by atoms with Gasteiger partial charge in [0.05, 0.1) is 19.6 Å². The normalized spacial score (nSPS) is 13.4. The van der Waals surface area contributed by atoms with Crippen molar-refractivity contribution in [1.29, 1.82) is 0 Å². The zero-order chi connectivity index (χ0) is 17.1. The van der Waals surface area contributed by atoms with Gasteiger partial charge in [0.25, 0.3) is 0 Å². The minimum Gasteiger partial charge on any atom is -0.493 e. The van der Waals surface area contributed by atoms with Crippen LogP contribution in [0.2, 0.25) is 0 Å². The van der Waals surface area contributed by atoms with E-state index in [0.29, 0.717) is 22.8 Å². The van der Waals surface area contributed by atoms with Crippen LogP contribution in [-0.2, 0) is 9.53 Å². The van der Waals surface area contributed by atoms with Crippen molar-refractivity contribution in [3.8, 4) is 22.8 Å². The van der Waals surface area contributed by atoms with E-state index >= 15 is 0 Å². The van der Waals surface area contributed by atoms with E-state index < -0.39 is 5.97 Å². The van der Waals surface area contributed by atoms with E-state index in [1.807, 2.05) is 0 Å². The Morgan fingerprint density at radius 1 is 1.25 bits per heavy atom. The second-order valence-electron chi connectivity index (χ2n) is 5.30. The first kappa shape index (κ1) is 16.0. The van der Waals surface area contributed by atoms with Crippen molar-refractivity contribution < 1.29 is 23.8 Å². The topological polar surface area (TPSA) is 103 Å². The van der Waals surface area contributed by atoms with Crippen LogP contribution in [0.1, 0.15) is 30.3 Å². The van der Waals surface area contributed by atoms with E-state index in [1.54, 1.807) is 25.1 Å². The van der Waals surface area contributed by atoms with Gasteiger partial charge in [-0.2, -0.15) is 10.3 Å². The molecule has 0 bridgehead atoms. The molecule has 1 aromatic heterocycles.